The van der Waals surface area contributed by atoms with Gasteiger partial charge in [0.25, 0.3) is 0 Å². The molecule has 2 heterocycles. The highest BCUT2D eigenvalue weighted by Crippen LogP contribution is 2.42. The highest BCUT2D eigenvalue weighted by Gasteiger charge is 2.45. The van der Waals surface area contributed by atoms with Crippen molar-refractivity contribution in [3.63, 3.8) is 0 Å². The molecule has 0 bridgehead atoms. The first-order chi connectivity index (χ1) is 14.1. The molecule has 154 valence electrons. The van der Waals surface area contributed by atoms with Gasteiger partial charge >= 0.3 is 0 Å². The van der Waals surface area contributed by atoms with Crippen molar-refractivity contribution in [2.75, 3.05) is 26.7 Å². The average Bonchev–Trinajstić information content (AvgIpc) is 3.11. The van der Waals surface area contributed by atoms with Gasteiger partial charge in [-0.3, -0.25) is 9.69 Å². The molecule has 0 radical (unpaired) electrons. The predicted molar refractivity (Wildman–Crippen MR) is 116 cm³/mol. The number of likely N-dealkylation sites (tertiary alicyclic amines) is 2. The second-order valence-corrected chi connectivity index (χ2v) is 8.75. The molecule has 29 heavy (non-hydrogen) atoms. The van der Waals surface area contributed by atoms with E-state index >= 15 is 0 Å². The number of amides is 1. The van der Waals surface area contributed by atoms with Crippen LogP contribution in [0.25, 0.3) is 0 Å². The Morgan fingerprint density at radius 1 is 1.07 bits per heavy atom. The Bertz CT molecular complexity index is 818. The summed E-state index contributed by atoms with van der Waals surface area (Å²) in [7, 11) is 1.71. The third-order valence-corrected chi connectivity index (χ3v) is 6.62. The number of methoxy groups -OCH3 is 1. The van der Waals surface area contributed by atoms with E-state index in [1.807, 2.05) is 13.8 Å². The van der Waals surface area contributed by atoms with E-state index in [4.69, 9.17) is 4.74 Å². The fourth-order valence-corrected chi connectivity index (χ4v) is 5.11. The number of carbonyl (C=O) groups is 1. The molecule has 4 heteroatoms. The van der Waals surface area contributed by atoms with Crippen LogP contribution >= 0.6 is 0 Å². The van der Waals surface area contributed by atoms with Gasteiger partial charge in [-0.05, 0) is 29.7 Å². The summed E-state index contributed by atoms with van der Waals surface area (Å²) >= 11 is 0. The van der Waals surface area contributed by atoms with Crippen LogP contribution in [0.3, 0.4) is 0 Å². The lowest BCUT2D eigenvalue weighted by molar-refractivity contribution is -0.136. The van der Waals surface area contributed by atoms with E-state index in [1.54, 1.807) is 7.11 Å². The van der Waals surface area contributed by atoms with E-state index in [2.05, 4.69) is 64.4 Å². The minimum Gasteiger partial charge on any atom is -0.497 e. The number of fused-ring (bicyclic) bond motifs is 1. The van der Waals surface area contributed by atoms with Gasteiger partial charge in [-0.1, -0.05) is 56.3 Å². The molecule has 2 fully saturated rings. The van der Waals surface area contributed by atoms with E-state index in [-0.39, 0.29) is 5.92 Å². The summed E-state index contributed by atoms with van der Waals surface area (Å²) in [6, 6.07) is 19.8. The van der Waals surface area contributed by atoms with Crippen LogP contribution in [0.5, 0.6) is 5.75 Å². The maximum Gasteiger partial charge on any atom is 0.225 e. The molecule has 1 amide bonds. The molecular formula is C25H32N2O2. The van der Waals surface area contributed by atoms with Crippen molar-refractivity contribution in [1.82, 2.24) is 9.80 Å². The first kappa shape index (κ1) is 20.0. The summed E-state index contributed by atoms with van der Waals surface area (Å²) in [4.78, 5) is 17.4. The van der Waals surface area contributed by atoms with Crippen LogP contribution in [0.4, 0.5) is 0 Å². The largest absolute Gasteiger partial charge is 0.497 e. The number of ether oxygens (including phenoxy) is 1. The SMILES string of the molecule is COc1ccc([C@@H]2CN(Cc3ccccc3)[C@H]3CCN(C(=O)C(C)C)C[C@@H]23)cc1. The molecule has 2 aromatic rings. The zero-order chi connectivity index (χ0) is 20.4. The predicted octanol–water partition coefficient (Wildman–Crippen LogP) is 4.17. The maximum atomic E-state index is 12.7. The lowest BCUT2D eigenvalue weighted by Gasteiger charge is -2.40. The van der Waals surface area contributed by atoms with Crippen molar-refractivity contribution in [2.45, 2.75) is 38.8 Å². The number of hydrogen-bond donors (Lipinski definition) is 0. The Hall–Kier alpha value is -2.33. The van der Waals surface area contributed by atoms with Crippen LogP contribution < -0.4 is 4.74 Å². The van der Waals surface area contributed by atoms with Gasteiger partial charge in [-0.15, -0.1) is 0 Å². The number of rotatable bonds is 5. The van der Waals surface area contributed by atoms with Gasteiger partial charge in [0.05, 0.1) is 7.11 Å². The number of nitrogens with zero attached hydrogens (tertiary/aromatic N) is 2. The molecule has 0 saturated carbocycles. The minimum atomic E-state index is 0.0628. The van der Waals surface area contributed by atoms with Gasteiger partial charge in [0, 0.05) is 50.0 Å². The minimum absolute atomic E-state index is 0.0628. The van der Waals surface area contributed by atoms with Crippen LogP contribution in [-0.4, -0.2) is 48.5 Å². The van der Waals surface area contributed by atoms with Crippen LogP contribution in [0.15, 0.2) is 54.6 Å². The van der Waals surface area contributed by atoms with E-state index in [0.29, 0.717) is 23.8 Å². The highest BCUT2D eigenvalue weighted by molar-refractivity contribution is 5.78. The zero-order valence-corrected chi connectivity index (χ0v) is 17.8. The third kappa shape index (κ3) is 4.18. The van der Waals surface area contributed by atoms with E-state index in [0.717, 1.165) is 38.3 Å². The van der Waals surface area contributed by atoms with Crippen LogP contribution in [-0.2, 0) is 11.3 Å². The Balaban J connectivity index is 1.59. The molecule has 4 nitrogen and oxygen atoms in total. The van der Waals surface area contributed by atoms with E-state index in [1.165, 1.54) is 11.1 Å². The summed E-state index contributed by atoms with van der Waals surface area (Å²) in [5.41, 5.74) is 2.72. The van der Waals surface area contributed by atoms with Crippen molar-refractivity contribution in [1.29, 1.82) is 0 Å². The lowest BCUT2D eigenvalue weighted by Crippen LogP contribution is -2.49. The van der Waals surface area contributed by atoms with Crippen LogP contribution in [0.2, 0.25) is 0 Å². The number of piperidine rings is 1. The maximum absolute atomic E-state index is 12.7. The Morgan fingerprint density at radius 2 is 1.79 bits per heavy atom. The Labute approximate surface area is 174 Å². The molecule has 0 spiro atoms. The van der Waals surface area contributed by atoms with Gasteiger partial charge in [0.1, 0.15) is 5.75 Å². The third-order valence-electron chi connectivity index (χ3n) is 6.62. The second-order valence-electron chi connectivity index (χ2n) is 8.75. The molecule has 2 aliphatic heterocycles. The fraction of sp³-hybridized carbons (Fsp3) is 0.480. The molecule has 2 saturated heterocycles. The quantitative estimate of drug-likeness (QED) is 0.766. The van der Waals surface area contributed by atoms with Gasteiger partial charge in [0.2, 0.25) is 5.91 Å². The summed E-state index contributed by atoms with van der Waals surface area (Å²) in [6.07, 6.45) is 1.06. The molecule has 3 atom stereocenters. The lowest BCUT2D eigenvalue weighted by atomic mass is 9.81. The zero-order valence-electron chi connectivity index (χ0n) is 17.8. The molecule has 2 aromatic carbocycles. The smallest absolute Gasteiger partial charge is 0.225 e. The summed E-state index contributed by atoms with van der Waals surface area (Å²) in [6.45, 7) is 7.77. The van der Waals surface area contributed by atoms with Gasteiger partial charge < -0.3 is 9.64 Å². The molecule has 0 aromatic heterocycles. The summed E-state index contributed by atoms with van der Waals surface area (Å²) < 4.78 is 5.35. The van der Waals surface area contributed by atoms with Crippen molar-refractivity contribution in [2.24, 2.45) is 11.8 Å². The number of hydrogen-bond acceptors (Lipinski definition) is 3. The fourth-order valence-electron chi connectivity index (χ4n) is 5.11. The molecule has 0 unspecified atom stereocenters. The van der Waals surface area contributed by atoms with E-state index < -0.39 is 0 Å². The highest BCUT2D eigenvalue weighted by atomic mass is 16.5. The van der Waals surface area contributed by atoms with Gasteiger partial charge in [-0.2, -0.15) is 0 Å². The summed E-state index contributed by atoms with van der Waals surface area (Å²) in [5.74, 6) is 2.16. The molecule has 4 rings (SSSR count). The van der Waals surface area contributed by atoms with Crippen molar-refractivity contribution < 1.29 is 9.53 Å². The van der Waals surface area contributed by atoms with E-state index in [9.17, 15) is 4.79 Å². The topological polar surface area (TPSA) is 32.8 Å². The second kappa shape index (κ2) is 8.58. The molecule has 0 N–H and O–H groups in total. The van der Waals surface area contributed by atoms with Crippen molar-refractivity contribution in [3.05, 3.63) is 65.7 Å². The van der Waals surface area contributed by atoms with Crippen molar-refractivity contribution in [3.8, 4) is 5.75 Å². The van der Waals surface area contributed by atoms with Crippen LogP contribution in [0.1, 0.15) is 37.3 Å². The number of benzene rings is 2. The first-order valence-electron chi connectivity index (χ1n) is 10.8. The summed E-state index contributed by atoms with van der Waals surface area (Å²) in [5, 5.41) is 0. The van der Waals surface area contributed by atoms with Crippen LogP contribution in [0, 0.1) is 11.8 Å². The molecule has 0 aliphatic carbocycles. The first-order valence-corrected chi connectivity index (χ1v) is 10.8. The molecule has 2 aliphatic rings. The van der Waals surface area contributed by atoms with Crippen molar-refractivity contribution >= 4 is 5.91 Å². The normalized spacial score (nSPS) is 24.6. The Kier molecular flexibility index (Phi) is 5.91. The number of carbonyl (C=O) groups excluding carboxylic acids is 1. The molecular weight excluding hydrogens is 360 g/mol. The van der Waals surface area contributed by atoms with Gasteiger partial charge in [-0.25, -0.2) is 0 Å². The standard InChI is InChI=1S/C25H32N2O2/c1-18(2)25(28)26-14-13-24-23(17-26)22(20-9-11-21(29-3)12-10-20)16-27(24)15-19-7-5-4-6-8-19/h4-12,18,22-24H,13-17H2,1-3H3/t22-,23-,24-/m0/s1. The average molecular weight is 393 g/mol. The monoisotopic (exact) mass is 392 g/mol. The van der Waals surface area contributed by atoms with Gasteiger partial charge in [0.15, 0.2) is 0 Å². The Morgan fingerprint density at radius 3 is 2.45 bits per heavy atom.